The first-order chi connectivity index (χ1) is 8.60. The molecule has 0 aromatic heterocycles. The monoisotopic (exact) mass is 243 g/mol. The molecule has 0 radical (unpaired) electrons. The summed E-state index contributed by atoms with van der Waals surface area (Å²) in [5.74, 6) is 2.01. The number of aryl methyl sites for hydroxylation is 2. The predicted molar refractivity (Wildman–Crippen MR) is 73.4 cm³/mol. The first-order valence-electron chi connectivity index (χ1n) is 5.79. The summed E-state index contributed by atoms with van der Waals surface area (Å²) in [6.45, 7) is 4.00. The van der Waals surface area contributed by atoms with Crippen LogP contribution in [0.25, 0.3) is 0 Å². The van der Waals surface area contributed by atoms with Gasteiger partial charge in [0.1, 0.15) is 0 Å². The molecule has 2 rings (SSSR count). The Morgan fingerprint density at radius 3 is 2.06 bits per heavy atom. The van der Waals surface area contributed by atoms with E-state index in [1.807, 2.05) is 50.2 Å². The Morgan fingerprint density at radius 2 is 1.44 bits per heavy atom. The first-order valence-corrected chi connectivity index (χ1v) is 5.79. The van der Waals surface area contributed by atoms with Crippen molar-refractivity contribution in [2.75, 3.05) is 12.8 Å². The van der Waals surface area contributed by atoms with Crippen LogP contribution in [0.1, 0.15) is 11.1 Å². The molecule has 0 spiro atoms. The van der Waals surface area contributed by atoms with E-state index in [1.165, 1.54) is 0 Å². The molecule has 0 saturated heterocycles. The maximum Gasteiger partial charge on any atom is 0.169 e. The smallest absolute Gasteiger partial charge is 0.169 e. The highest BCUT2D eigenvalue weighted by molar-refractivity contribution is 5.57. The fourth-order valence-electron chi connectivity index (χ4n) is 1.74. The molecular weight excluding hydrogens is 226 g/mol. The summed E-state index contributed by atoms with van der Waals surface area (Å²) in [7, 11) is 1.63. The molecule has 0 heterocycles. The molecule has 0 unspecified atom stereocenters. The number of anilines is 1. The minimum atomic E-state index is 0.623. The Hall–Kier alpha value is -2.16. The number of ether oxygens (including phenoxy) is 2. The summed E-state index contributed by atoms with van der Waals surface area (Å²) in [4.78, 5) is 0. The lowest BCUT2D eigenvalue weighted by atomic mass is 10.2. The van der Waals surface area contributed by atoms with Gasteiger partial charge in [-0.25, -0.2) is 0 Å². The Kier molecular flexibility index (Phi) is 3.42. The third-order valence-electron chi connectivity index (χ3n) is 2.70. The maximum absolute atomic E-state index is 5.92. The molecule has 3 nitrogen and oxygen atoms in total. The van der Waals surface area contributed by atoms with Crippen molar-refractivity contribution in [2.24, 2.45) is 0 Å². The van der Waals surface area contributed by atoms with Gasteiger partial charge in [0.2, 0.25) is 0 Å². The van der Waals surface area contributed by atoms with E-state index in [1.54, 1.807) is 7.11 Å². The minimum absolute atomic E-state index is 0.623. The van der Waals surface area contributed by atoms with E-state index in [9.17, 15) is 0 Å². The summed E-state index contributed by atoms with van der Waals surface area (Å²) in [5, 5.41) is 0. The third-order valence-corrected chi connectivity index (χ3v) is 2.70. The van der Waals surface area contributed by atoms with E-state index in [0.29, 0.717) is 22.9 Å². The number of hydrogen-bond acceptors (Lipinski definition) is 3. The number of nitrogens with two attached hydrogens (primary N) is 1. The average molecular weight is 243 g/mol. The zero-order valence-corrected chi connectivity index (χ0v) is 10.9. The summed E-state index contributed by atoms with van der Waals surface area (Å²) in [5.41, 5.74) is 8.78. The zero-order chi connectivity index (χ0) is 13.1. The molecule has 0 amide bonds. The molecule has 18 heavy (non-hydrogen) atoms. The van der Waals surface area contributed by atoms with Crippen molar-refractivity contribution < 1.29 is 9.47 Å². The fraction of sp³-hybridized carbons (Fsp3) is 0.200. The van der Waals surface area contributed by atoms with Gasteiger partial charge in [-0.15, -0.1) is 0 Å². The standard InChI is InChI=1S/C15H17NO2/c1-10-4-6-13(12(16)8-10)18-14-7-5-11(2)9-15(14)17-3/h4-9H,16H2,1-3H3. The van der Waals surface area contributed by atoms with Gasteiger partial charge in [0.25, 0.3) is 0 Å². The van der Waals surface area contributed by atoms with Crippen LogP contribution in [0.2, 0.25) is 0 Å². The lowest BCUT2D eigenvalue weighted by Gasteiger charge is -2.12. The van der Waals surface area contributed by atoms with Crippen LogP contribution in [0.3, 0.4) is 0 Å². The summed E-state index contributed by atoms with van der Waals surface area (Å²) >= 11 is 0. The summed E-state index contributed by atoms with van der Waals surface area (Å²) in [6, 6.07) is 11.5. The van der Waals surface area contributed by atoms with Gasteiger partial charge in [0.15, 0.2) is 17.2 Å². The maximum atomic E-state index is 5.92. The van der Waals surface area contributed by atoms with Crippen LogP contribution in [-0.2, 0) is 0 Å². The van der Waals surface area contributed by atoms with Gasteiger partial charge in [0.05, 0.1) is 12.8 Å². The molecule has 0 atom stereocenters. The van der Waals surface area contributed by atoms with Crippen LogP contribution in [-0.4, -0.2) is 7.11 Å². The molecule has 0 aliphatic carbocycles. The van der Waals surface area contributed by atoms with E-state index in [4.69, 9.17) is 15.2 Å². The van der Waals surface area contributed by atoms with Crippen LogP contribution in [0.5, 0.6) is 17.2 Å². The fourth-order valence-corrected chi connectivity index (χ4v) is 1.74. The average Bonchev–Trinajstić information content (AvgIpc) is 2.34. The van der Waals surface area contributed by atoms with Gasteiger partial charge < -0.3 is 15.2 Å². The lowest BCUT2D eigenvalue weighted by molar-refractivity contribution is 0.379. The van der Waals surface area contributed by atoms with Crippen LogP contribution < -0.4 is 15.2 Å². The number of benzene rings is 2. The van der Waals surface area contributed by atoms with Crippen molar-refractivity contribution in [3.8, 4) is 17.2 Å². The number of hydrogen-bond donors (Lipinski definition) is 1. The Bertz CT molecular complexity index is 564. The summed E-state index contributed by atoms with van der Waals surface area (Å²) in [6.07, 6.45) is 0. The molecule has 0 aliphatic heterocycles. The topological polar surface area (TPSA) is 44.5 Å². The van der Waals surface area contributed by atoms with Crippen LogP contribution in [0, 0.1) is 13.8 Å². The summed E-state index contributed by atoms with van der Waals surface area (Å²) < 4.78 is 11.1. The Labute approximate surface area is 107 Å². The Balaban J connectivity index is 2.33. The van der Waals surface area contributed by atoms with E-state index >= 15 is 0 Å². The van der Waals surface area contributed by atoms with Crippen molar-refractivity contribution in [3.05, 3.63) is 47.5 Å². The van der Waals surface area contributed by atoms with E-state index < -0.39 is 0 Å². The Morgan fingerprint density at radius 1 is 0.833 bits per heavy atom. The molecule has 94 valence electrons. The first kappa shape index (κ1) is 12.3. The van der Waals surface area contributed by atoms with Crippen molar-refractivity contribution in [3.63, 3.8) is 0 Å². The van der Waals surface area contributed by atoms with Crippen molar-refractivity contribution in [1.29, 1.82) is 0 Å². The van der Waals surface area contributed by atoms with Gasteiger partial charge in [-0.2, -0.15) is 0 Å². The molecule has 2 aromatic carbocycles. The van der Waals surface area contributed by atoms with Gasteiger partial charge in [-0.3, -0.25) is 0 Å². The van der Waals surface area contributed by atoms with E-state index in [-0.39, 0.29) is 0 Å². The van der Waals surface area contributed by atoms with Crippen molar-refractivity contribution >= 4 is 5.69 Å². The normalized spacial score (nSPS) is 10.2. The molecule has 0 aliphatic rings. The molecule has 0 bridgehead atoms. The molecule has 0 saturated carbocycles. The molecule has 2 aromatic rings. The van der Waals surface area contributed by atoms with E-state index in [2.05, 4.69) is 0 Å². The highest BCUT2D eigenvalue weighted by Crippen LogP contribution is 2.34. The quantitative estimate of drug-likeness (QED) is 0.836. The van der Waals surface area contributed by atoms with Gasteiger partial charge in [-0.1, -0.05) is 12.1 Å². The van der Waals surface area contributed by atoms with Crippen LogP contribution in [0.15, 0.2) is 36.4 Å². The highest BCUT2D eigenvalue weighted by Gasteiger charge is 2.08. The molecule has 2 N–H and O–H groups in total. The second-order valence-corrected chi connectivity index (χ2v) is 4.30. The van der Waals surface area contributed by atoms with Crippen LogP contribution >= 0.6 is 0 Å². The number of nitrogen functional groups attached to an aromatic ring is 1. The van der Waals surface area contributed by atoms with Gasteiger partial charge in [-0.05, 0) is 49.2 Å². The second-order valence-electron chi connectivity index (χ2n) is 4.30. The number of methoxy groups -OCH3 is 1. The van der Waals surface area contributed by atoms with Crippen molar-refractivity contribution in [1.82, 2.24) is 0 Å². The van der Waals surface area contributed by atoms with Crippen LogP contribution in [0.4, 0.5) is 5.69 Å². The molecular formula is C15H17NO2. The zero-order valence-electron chi connectivity index (χ0n) is 10.9. The molecule has 0 fully saturated rings. The second kappa shape index (κ2) is 5.00. The van der Waals surface area contributed by atoms with E-state index in [0.717, 1.165) is 11.1 Å². The minimum Gasteiger partial charge on any atom is -0.493 e. The third kappa shape index (κ3) is 2.56. The van der Waals surface area contributed by atoms with Crippen molar-refractivity contribution in [2.45, 2.75) is 13.8 Å². The number of rotatable bonds is 3. The molecule has 3 heteroatoms. The largest absolute Gasteiger partial charge is 0.493 e. The van der Waals surface area contributed by atoms with Gasteiger partial charge >= 0.3 is 0 Å². The van der Waals surface area contributed by atoms with Gasteiger partial charge in [0, 0.05) is 0 Å². The SMILES string of the molecule is COc1cc(C)ccc1Oc1ccc(C)cc1N. The predicted octanol–water partition coefficient (Wildman–Crippen LogP) is 3.69. The lowest BCUT2D eigenvalue weighted by Crippen LogP contribution is -1.95. The highest BCUT2D eigenvalue weighted by atomic mass is 16.5.